The number of hydrogen-bond donors (Lipinski definition) is 1. The Morgan fingerprint density at radius 2 is 1.59 bits per heavy atom. The lowest BCUT2D eigenvalue weighted by molar-refractivity contribution is 0.578. The van der Waals surface area contributed by atoms with Crippen LogP contribution in [0, 0.1) is 27.7 Å². The molecule has 1 aromatic carbocycles. The third-order valence-corrected chi connectivity index (χ3v) is 6.59. The van der Waals surface area contributed by atoms with Crippen LogP contribution in [0.1, 0.15) is 27.9 Å². The smallest absolute Gasteiger partial charge is 0.241 e. The van der Waals surface area contributed by atoms with Crippen molar-refractivity contribution in [1.29, 1.82) is 0 Å². The van der Waals surface area contributed by atoms with Gasteiger partial charge in [0.15, 0.2) is 0 Å². The molecule has 0 aliphatic heterocycles. The number of nitrogens with zero attached hydrogens (tertiary/aromatic N) is 3. The van der Waals surface area contributed by atoms with Crippen LogP contribution < -0.4 is 4.72 Å². The molecule has 0 fully saturated rings. The molecule has 0 spiro atoms. The molecule has 2 aromatic heterocycles. The van der Waals surface area contributed by atoms with Crippen molar-refractivity contribution >= 4 is 10.0 Å². The van der Waals surface area contributed by atoms with Crippen molar-refractivity contribution in [3.05, 3.63) is 64.6 Å². The van der Waals surface area contributed by atoms with Crippen LogP contribution >= 0.6 is 0 Å². The fourth-order valence-electron chi connectivity index (χ4n) is 3.23. The fraction of sp³-hybridized carbons (Fsp3) is 0.300. The van der Waals surface area contributed by atoms with Gasteiger partial charge in [0.25, 0.3) is 0 Å². The molecule has 0 saturated heterocycles. The van der Waals surface area contributed by atoms with Crippen LogP contribution in [-0.4, -0.2) is 23.2 Å². The molecular formula is C20H24N4O2S. The number of aromatic nitrogens is 3. The highest BCUT2D eigenvalue weighted by Crippen LogP contribution is 2.26. The second-order valence-electron chi connectivity index (χ2n) is 6.79. The summed E-state index contributed by atoms with van der Waals surface area (Å²) < 4.78 is 30.4. The first-order valence-corrected chi connectivity index (χ1v) is 10.2. The Morgan fingerprint density at radius 3 is 2.19 bits per heavy atom. The van der Waals surface area contributed by atoms with Crippen molar-refractivity contribution in [2.45, 2.75) is 39.1 Å². The van der Waals surface area contributed by atoms with Crippen molar-refractivity contribution < 1.29 is 8.42 Å². The Hall–Kier alpha value is -2.51. The Kier molecular flexibility index (Phi) is 5.17. The summed E-state index contributed by atoms with van der Waals surface area (Å²) in [7, 11) is -1.80. The standard InChI is InChI=1S/C20H24N4O2S/c1-13-10-14(2)16(4)20(15(13)3)27(25,26)22-12-18-11-19(24(5)23-18)17-6-8-21-9-7-17/h6-11,22H,12H2,1-5H3. The van der Waals surface area contributed by atoms with Gasteiger partial charge in [-0.15, -0.1) is 0 Å². The molecule has 0 atom stereocenters. The molecule has 0 radical (unpaired) electrons. The summed E-state index contributed by atoms with van der Waals surface area (Å²) in [4.78, 5) is 4.38. The van der Waals surface area contributed by atoms with E-state index in [4.69, 9.17) is 0 Å². The monoisotopic (exact) mass is 384 g/mol. The maximum atomic E-state index is 13.0. The van der Waals surface area contributed by atoms with Crippen molar-refractivity contribution in [2.24, 2.45) is 7.05 Å². The Balaban J connectivity index is 1.88. The number of pyridine rings is 1. The van der Waals surface area contributed by atoms with Gasteiger partial charge in [0.2, 0.25) is 10.0 Å². The van der Waals surface area contributed by atoms with E-state index in [-0.39, 0.29) is 6.54 Å². The van der Waals surface area contributed by atoms with Gasteiger partial charge in [-0.25, -0.2) is 13.1 Å². The predicted molar refractivity (Wildman–Crippen MR) is 106 cm³/mol. The molecule has 7 heteroatoms. The third-order valence-electron chi connectivity index (χ3n) is 4.92. The Morgan fingerprint density at radius 1 is 1.00 bits per heavy atom. The van der Waals surface area contributed by atoms with Gasteiger partial charge in [-0.1, -0.05) is 6.07 Å². The van der Waals surface area contributed by atoms with Gasteiger partial charge in [0.1, 0.15) is 0 Å². The lowest BCUT2D eigenvalue weighted by Gasteiger charge is -2.15. The third kappa shape index (κ3) is 3.79. The number of aryl methyl sites for hydroxylation is 3. The minimum atomic E-state index is -3.64. The van der Waals surface area contributed by atoms with Gasteiger partial charge >= 0.3 is 0 Å². The highest BCUT2D eigenvalue weighted by molar-refractivity contribution is 7.89. The number of sulfonamides is 1. The van der Waals surface area contributed by atoms with Crippen LogP contribution in [-0.2, 0) is 23.6 Å². The number of rotatable bonds is 5. The summed E-state index contributed by atoms with van der Waals surface area (Å²) in [5.74, 6) is 0. The normalized spacial score (nSPS) is 11.7. The lowest BCUT2D eigenvalue weighted by atomic mass is 10.0. The first kappa shape index (κ1) is 19.3. The SMILES string of the molecule is Cc1cc(C)c(C)c(S(=O)(=O)NCc2cc(-c3ccncc3)n(C)n2)c1C. The molecule has 0 bridgehead atoms. The lowest BCUT2D eigenvalue weighted by Crippen LogP contribution is -2.25. The minimum Gasteiger partial charge on any atom is -0.268 e. The largest absolute Gasteiger partial charge is 0.268 e. The first-order chi connectivity index (χ1) is 12.7. The van der Waals surface area contributed by atoms with Gasteiger partial charge in [-0.05, 0) is 68.1 Å². The van der Waals surface area contributed by atoms with E-state index in [2.05, 4.69) is 14.8 Å². The predicted octanol–water partition coefficient (Wildman–Crippen LogP) is 3.19. The van der Waals surface area contributed by atoms with Crippen molar-refractivity contribution in [1.82, 2.24) is 19.5 Å². The van der Waals surface area contributed by atoms with Crippen LogP contribution in [0.2, 0.25) is 0 Å². The van der Waals surface area contributed by atoms with Crippen LogP contribution in [0.3, 0.4) is 0 Å². The first-order valence-electron chi connectivity index (χ1n) is 8.71. The van der Waals surface area contributed by atoms with E-state index in [9.17, 15) is 8.42 Å². The van der Waals surface area contributed by atoms with E-state index < -0.39 is 10.0 Å². The highest BCUT2D eigenvalue weighted by atomic mass is 32.2. The Labute approximate surface area is 160 Å². The van der Waals surface area contributed by atoms with E-state index in [0.29, 0.717) is 10.6 Å². The number of nitrogens with one attached hydrogen (secondary N) is 1. The fourth-order valence-corrected chi connectivity index (χ4v) is 4.84. The molecular weight excluding hydrogens is 360 g/mol. The summed E-state index contributed by atoms with van der Waals surface area (Å²) >= 11 is 0. The summed E-state index contributed by atoms with van der Waals surface area (Å²) in [5, 5.41) is 4.43. The zero-order valence-corrected chi connectivity index (χ0v) is 17.1. The van der Waals surface area contributed by atoms with Crippen molar-refractivity contribution in [3.63, 3.8) is 0 Å². The molecule has 0 amide bonds. The molecule has 1 N–H and O–H groups in total. The molecule has 3 aromatic rings. The van der Waals surface area contributed by atoms with Crippen LogP contribution in [0.25, 0.3) is 11.3 Å². The van der Waals surface area contributed by atoms with Crippen LogP contribution in [0.5, 0.6) is 0 Å². The van der Waals surface area contributed by atoms with Gasteiger partial charge in [-0.3, -0.25) is 9.67 Å². The summed E-state index contributed by atoms with van der Waals surface area (Å²) in [6.07, 6.45) is 3.44. The average Bonchev–Trinajstić information content (AvgIpc) is 3.00. The Bertz CT molecular complexity index is 1060. The molecule has 142 valence electrons. The molecule has 0 unspecified atom stereocenters. The molecule has 0 aliphatic carbocycles. The quantitative estimate of drug-likeness (QED) is 0.733. The molecule has 2 heterocycles. The molecule has 3 rings (SSSR count). The van der Waals surface area contributed by atoms with Gasteiger partial charge in [0.05, 0.1) is 22.8 Å². The van der Waals surface area contributed by atoms with Crippen LogP contribution in [0.4, 0.5) is 0 Å². The molecule has 0 saturated carbocycles. The zero-order chi connectivity index (χ0) is 19.8. The topological polar surface area (TPSA) is 76.9 Å². The van der Waals surface area contributed by atoms with Gasteiger partial charge in [0, 0.05) is 25.0 Å². The minimum absolute atomic E-state index is 0.132. The van der Waals surface area contributed by atoms with Crippen LogP contribution in [0.15, 0.2) is 41.6 Å². The van der Waals surface area contributed by atoms with Crippen molar-refractivity contribution in [3.8, 4) is 11.3 Å². The van der Waals surface area contributed by atoms with E-state index in [0.717, 1.165) is 33.5 Å². The maximum absolute atomic E-state index is 13.0. The molecule has 6 nitrogen and oxygen atoms in total. The zero-order valence-electron chi connectivity index (χ0n) is 16.2. The van der Waals surface area contributed by atoms with E-state index in [1.807, 2.05) is 59.0 Å². The average molecular weight is 385 g/mol. The molecule has 27 heavy (non-hydrogen) atoms. The number of hydrogen-bond acceptors (Lipinski definition) is 4. The second kappa shape index (κ2) is 7.25. The summed E-state index contributed by atoms with van der Waals surface area (Å²) in [5.41, 5.74) is 6.05. The summed E-state index contributed by atoms with van der Waals surface area (Å²) in [6, 6.07) is 7.70. The van der Waals surface area contributed by atoms with Gasteiger partial charge < -0.3 is 0 Å². The van der Waals surface area contributed by atoms with Crippen molar-refractivity contribution in [2.75, 3.05) is 0 Å². The number of benzene rings is 1. The van der Waals surface area contributed by atoms with E-state index >= 15 is 0 Å². The maximum Gasteiger partial charge on any atom is 0.241 e. The second-order valence-corrected chi connectivity index (χ2v) is 8.50. The van der Waals surface area contributed by atoms with E-state index in [1.165, 1.54) is 0 Å². The highest BCUT2D eigenvalue weighted by Gasteiger charge is 2.22. The van der Waals surface area contributed by atoms with Gasteiger partial charge in [-0.2, -0.15) is 5.10 Å². The molecule has 0 aliphatic rings. The van der Waals surface area contributed by atoms with E-state index in [1.54, 1.807) is 17.1 Å². The summed E-state index contributed by atoms with van der Waals surface area (Å²) in [6.45, 7) is 7.69.